The smallest absolute Gasteiger partial charge is 0.239 e. The van der Waals surface area contributed by atoms with Crippen LogP contribution >= 0.6 is 0 Å². The number of nitrogens with one attached hydrogen (secondary N) is 1. The van der Waals surface area contributed by atoms with Crippen molar-refractivity contribution in [1.29, 1.82) is 0 Å². The third-order valence-corrected chi connectivity index (χ3v) is 3.78. The molecule has 0 aromatic heterocycles. The van der Waals surface area contributed by atoms with Crippen molar-refractivity contribution in [1.82, 2.24) is 5.32 Å². The highest BCUT2D eigenvalue weighted by atomic mass is 19.1. The second-order valence-electron chi connectivity index (χ2n) is 5.89. The van der Waals surface area contributed by atoms with Crippen LogP contribution in [0.5, 0.6) is 0 Å². The Balaban J connectivity index is 2.36. The Bertz CT molecular complexity index is 506. The standard InChI is InChI=1S/C18H27FN2O2/c1-2-3-4-5-6-7-11-16(18(20)23)21-17(22)13-14-9-8-10-15(19)12-14/h8-10,12,16H,2-7,11,13H2,1H3,(H2,20,23)(H,21,22)/t16-/m1/s1. The van der Waals surface area contributed by atoms with Crippen molar-refractivity contribution in [3.05, 3.63) is 35.6 Å². The molecule has 0 bridgehead atoms. The lowest BCUT2D eigenvalue weighted by Gasteiger charge is -2.15. The fraction of sp³-hybridized carbons (Fsp3) is 0.556. The lowest BCUT2D eigenvalue weighted by molar-refractivity contribution is -0.127. The molecule has 1 aromatic rings. The number of carbonyl (C=O) groups is 2. The molecule has 0 saturated heterocycles. The summed E-state index contributed by atoms with van der Waals surface area (Å²) in [5, 5.41) is 2.65. The molecule has 0 aliphatic carbocycles. The van der Waals surface area contributed by atoms with Gasteiger partial charge in [0, 0.05) is 0 Å². The van der Waals surface area contributed by atoms with E-state index in [2.05, 4.69) is 12.2 Å². The van der Waals surface area contributed by atoms with E-state index in [0.29, 0.717) is 12.0 Å². The van der Waals surface area contributed by atoms with Crippen molar-refractivity contribution in [2.24, 2.45) is 5.73 Å². The molecule has 0 heterocycles. The molecule has 1 aromatic carbocycles. The van der Waals surface area contributed by atoms with Crippen molar-refractivity contribution in [2.45, 2.75) is 64.3 Å². The number of rotatable bonds is 11. The first kappa shape index (κ1) is 19.1. The van der Waals surface area contributed by atoms with Gasteiger partial charge in [0.1, 0.15) is 11.9 Å². The average Bonchev–Trinajstić information content (AvgIpc) is 2.49. The fourth-order valence-electron chi connectivity index (χ4n) is 2.49. The lowest BCUT2D eigenvalue weighted by Crippen LogP contribution is -2.44. The van der Waals surface area contributed by atoms with Gasteiger partial charge < -0.3 is 11.1 Å². The van der Waals surface area contributed by atoms with E-state index in [1.165, 1.54) is 31.4 Å². The van der Waals surface area contributed by atoms with Crippen LogP contribution in [0.3, 0.4) is 0 Å². The number of benzene rings is 1. The summed E-state index contributed by atoms with van der Waals surface area (Å²) < 4.78 is 13.1. The van der Waals surface area contributed by atoms with Crippen LogP contribution < -0.4 is 11.1 Å². The molecule has 1 atom stereocenters. The first-order chi connectivity index (χ1) is 11.0. The summed E-state index contributed by atoms with van der Waals surface area (Å²) in [6, 6.07) is 5.22. The lowest BCUT2D eigenvalue weighted by atomic mass is 10.0. The maximum Gasteiger partial charge on any atom is 0.239 e. The van der Waals surface area contributed by atoms with Crippen LogP contribution in [0.1, 0.15) is 57.4 Å². The third kappa shape index (κ3) is 8.33. The average molecular weight is 322 g/mol. The van der Waals surface area contributed by atoms with Crippen molar-refractivity contribution in [3.8, 4) is 0 Å². The quantitative estimate of drug-likeness (QED) is 0.615. The molecule has 0 radical (unpaired) electrons. The van der Waals surface area contributed by atoms with E-state index in [1.807, 2.05) is 0 Å². The van der Waals surface area contributed by atoms with E-state index < -0.39 is 11.9 Å². The van der Waals surface area contributed by atoms with Crippen molar-refractivity contribution in [2.75, 3.05) is 0 Å². The van der Waals surface area contributed by atoms with Gasteiger partial charge in [-0.1, -0.05) is 57.6 Å². The summed E-state index contributed by atoms with van der Waals surface area (Å²) in [4.78, 5) is 23.4. The second-order valence-corrected chi connectivity index (χ2v) is 5.89. The van der Waals surface area contributed by atoms with Gasteiger partial charge in [-0.2, -0.15) is 0 Å². The monoisotopic (exact) mass is 322 g/mol. The van der Waals surface area contributed by atoms with E-state index in [9.17, 15) is 14.0 Å². The normalized spacial score (nSPS) is 11.9. The number of nitrogens with two attached hydrogens (primary N) is 1. The van der Waals surface area contributed by atoms with Crippen LogP contribution in [0.25, 0.3) is 0 Å². The molecule has 0 spiro atoms. The Morgan fingerprint density at radius 1 is 1.17 bits per heavy atom. The zero-order valence-corrected chi connectivity index (χ0v) is 13.8. The fourth-order valence-corrected chi connectivity index (χ4v) is 2.49. The minimum Gasteiger partial charge on any atom is -0.368 e. The third-order valence-electron chi connectivity index (χ3n) is 3.78. The summed E-state index contributed by atoms with van der Waals surface area (Å²) in [7, 11) is 0. The Morgan fingerprint density at radius 2 is 1.87 bits per heavy atom. The molecule has 0 unspecified atom stereocenters. The van der Waals surface area contributed by atoms with Crippen molar-refractivity contribution in [3.63, 3.8) is 0 Å². The molecular formula is C18H27FN2O2. The number of halogens is 1. The summed E-state index contributed by atoms with van der Waals surface area (Å²) in [6.45, 7) is 2.16. The number of unbranched alkanes of at least 4 members (excludes halogenated alkanes) is 5. The highest BCUT2D eigenvalue weighted by Crippen LogP contribution is 2.09. The van der Waals surface area contributed by atoms with Crippen molar-refractivity contribution >= 4 is 11.8 Å². The molecule has 3 N–H and O–H groups in total. The first-order valence-corrected chi connectivity index (χ1v) is 8.36. The van der Waals surface area contributed by atoms with Crippen LogP contribution in [0.15, 0.2) is 24.3 Å². The minimum atomic E-state index is -0.651. The predicted octanol–water partition coefficient (Wildman–Crippen LogP) is 3.09. The molecular weight excluding hydrogens is 295 g/mol. The van der Waals surface area contributed by atoms with Crippen LogP contribution in [0.2, 0.25) is 0 Å². The Labute approximate surface area is 137 Å². The molecule has 23 heavy (non-hydrogen) atoms. The first-order valence-electron chi connectivity index (χ1n) is 8.36. The Hall–Kier alpha value is -1.91. The maximum atomic E-state index is 13.1. The number of primary amides is 1. The largest absolute Gasteiger partial charge is 0.368 e. The molecule has 4 nitrogen and oxygen atoms in total. The van der Waals surface area contributed by atoms with Gasteiger partial charge >= 0.3 is 0 Å². The number of hydrogen-bond donors (Lipinski definition) is 2. The minimum absolute atomic E-state index is 0.0397. The van der Waals surface area contributed by atoms with Gasteiger partial charge in [-0.05, 0) is 24.1 Å². The van der Waals surface area contributed by atoms with Crippen LogP contribution in [0, 0.1) is 5.82 Å². The van der Waals surface area contributed by atoms with E-state index in [-0.39, 0.29) is 18.1 Å². The molecule has 5 heteroatoms. The number of amides is 2. The van der Waals surface area contributed by atoms with E-state index in [4.69, 9.17) is 5.73 Å². The van der Waals surface area contributed by atoms with Gasteiger partial charge in [0.05, 0.1) is 6.42 Å². The maximum absolute atomic E-state index is 13.1. The molecule has 0 aliphatic rings. The second kappa shape index (κ2) is 10.8. The van der Waals surface area contributed by atoms with Crippen LogP contribution in [-0.2, 0) is 16.0 Å². The van der Waals surface area contributed by atoms with Gasteiger partial charge in [0.25, 0.3) is 0 Å². The Kier molecular flexibility index (Phi) is 8.95. The summed E-state index contributed by atoms with van der Waals surface area (Å²) in [5.41, 5.74) is 5.93. The zero-order chi connectivity index (χ0) is 17.1. The molecule has 1 rings (SSSR count). The van der Waals surface area contributed by atoms with Gasteiger partial charge in [-0.15, -0.1) is 0 Å². The van der Waals surface area contributed by atoms with Gasteiger partial charge in [0.2, 0.25) is 11.8 Å². The van der Waals surface area contributed by atoms with E-state index >= 15 is 0 Å². The zero-order valence-electron chi connectivity index (χ0n) is 13.8. The molecule has 2 amide bonds. The molecule has 128 valence electrons. The number of hydrogen-bond acceptors (Lipinski definition) is 2. The van der Waals surface area contributed by atoms with Crippen molar-refractivity contribution < 1.29 is 14.0 Å². The highest BCUT2D eigenvalue weighted by Gasteiger charge is 2.17. The van der Waals surface area contributed by atoms with E-state index in [1.54, 1.807) is 12.1 Å². The predicted molar refractivity (Wildman–Crippen MR) is 89.2 cm³/mol. The summed E-state index contributed by atoms with van der Waals surface area (Å²) in [5.74, 6) is -1.22. The van der Waals surface area contributed by atoms with Gasteiger partial charge in [0.15, 0.2) is 0 Å². The Morgan fingerprint density at radius 3 is 2.52 bits per heavy atom. The highest BCUT2D eigenvalue weighted by molar-refractivity contribution is 5.87. The molecule has 0 saturated carbocycles. The summed E-state index contributed by atoms with van der Waals surface area (Å²) >= 11 is 0. The molecule has 0 fully saturated rings. The molecule has 0 aliphatic heterocycles. The van der Waals surface area contributed by atoms with Crippen LogP contribution in [0.4, 0.5) is 4.39 Å². The van der Waals surface area contributed by atoms with Gasteiger partial charge in [-0.25, -0.2) is 4.39 Å². The SMILES string of the molecule is CCCCCCCC[C@@H](NC(=O)Cc1cccc(F)c1)C(N)=O. The summed E-state index contributed by atoms with van der Waals surface area (Å²) in [6.07, 6.45) is 7.24. The van der Waals surface area contributed by atoms with Gasteiger partial charge in [-0.3, -0.25) is 9.59 Å². The topological polar surface area (TPSA) is 72.2 Å². The number of carbonyl (C=O) groups excluding carboxylic acids is 2. The van der Waals surface area contributed by atoms with E-state index in [0.717, 1.165) is 19.3 Å². The van der Waals surface area contributed by atoms with Crippen LogP contribution in [-0.4, -0.2) is 17.9 Å².